The van der Waals surface area contributed by atoms with Crippen LogP contribution in [0.1, 0.15) is 40.0 Å². The van der Waals surface area contributed by atoms with Crippen LogP contribution in [-0.2, 0) is 4.79 Å². The molecule has 1 aliphatic heterocycles. The van der Waals surface area contributed by atoms with Gasteiger partial charge in [-0.15, -0.1) is 0 Å². The molecule has 2 heterocycles. The topological polar surface area (TPSA) is 73.4 Å². The Bertz CT molecular complexity index is 1320. The lowest BCUT2D eigenvalue weighted by molar-refractivity contribution is -0.142. The highest BCUT2D eigenvalue weighted by molar-refractivity contribution is 6.03. The number of aliphatic carboxylic acids is 1. The lowest BCUT2D eigenvalue weighted by Crippen LogP contribution is -2.41. The van der Waals surface area contributed by atoms with Crippen molar-refractivity contribution < 1.29 is 14.7 Å². The van der Waals surface area contributed by atoms with Crippen molar-refractivity contribution in [3.8, 4) is 11.3 Å². The second-order valence-electron chi connectivity index (χ2n) is 8.04. The summed E-state index contributed by atoms with van der Waals surface area (Å²) in [6.45, 7) is 3.61. The smallest absolute Gasteiger partial charge is 0.326 e. The van der Waals surface area contributed by atoms with E-state index in [0.29, 0.717) is 5.56 Å². The van der Waals surface area contributed by atoms with E-state index < -0.39 is 18.1 Å². The van der Waals surface area contributed by atoms with Crippen molar-refractivity contribution in [1.82, 2.24) is 9.88 Å². The molecule has 5 rings (SSSR count). The van der Waals surface area contributed by atoms with Crippen LogP contribution in [0.3, 0.4) is 0 Å². The van der Waals surface area contributed by atoms with Crippen LogP contribution in [0.25, 0.3) is 22.2 Å². The van der Waals surface area contributed by atoms with Gasteiger partial charge in [0.15, 0.2) is 0 Å². The number of carbonyl (C=O) groups excluding carboxylic acids is 1. The number of amides is 1. The van der Waals surface area contributed by atoms with Crippen LogP contribution in [-0.4, -0.2) is 32.9 Å². The van der Waals surface area contributed by atoms with E-state index in [-0.39, 0.29) is 5.91 Å². The number of nitrogens with one attached hydrogen (secondary N) is 1. The van der Waals surface area contributed by atoms with E-state index in [4.69, 9.17) is 0 Å². The van der Waals surface area contributed by atoms with Crippen molar-refractivity contribution in [2.24, 2.45) is 0 Å². The second-order valence-corrected chi connectivity index (χ2v) is 8.04. The zero-order valence-corrected chi connectivity index (χ0v) is 17.3. The molecule has 154 valence electrons. The van der Waals surface area contributed by atoms with Gasteiger partial charge in [-0.3, -0.25) is 4.79 Å². The lowest BCUT2D eigenvalue weighted by Gasteiger charge is -2.29. The van der Waals surface area contributed by atoms with Gasteiger partial charge in [-0.1, -0.05) is 66.2 Å². The highest BCUT2D eigenvalue weighted by Gasteiger charge is 2.44. The molecule has 5 nitrogen and oxygen atoms in total. The molecular weight excluding hydrogens is 388 g/mol. The number of hydrogen-bond acceptors (Lipinski definition) is 2. The SMILES string of the molecule is Cc1ccc(-c2[nH]c3ccccc3c2[C@@H]2c3ccccc3C(=O)N2[C@H](C)C(=O)O)cc1. The van der Waals surface area contributed by atoms with Gasteiger partial charge in [0, 0.05) is 22.0 Å². The van der Waals surface area contributed by atoms with E-state index in [1.165, 1.54) is 4.90 Å². The van der Waals surface area contributed by atoms with E-state index in [2.05, 4.69) is 29.2 Å². The van der Waals surface area contributed by atoms with Crippen molar-refractivity contribution in [2.75, 3.05) is 0 Å². The van der Waals surface area contributed by atoms with Crippen LogP contribution >= 0.6 is 0 Å². The maximum absolute atomic E-state index is 13.3. The van der Waals surface area contributed by atoms with Crippen LogP contribution in [0, 0.1) is 6.92 Å². The number of H-pyrrole nitrogens is 1. The summed E-state index contributed by atoms with van der Waals surface area (Å²) in [5, 5.41) is 10.8. The molecule has 0 bridgehead atoms. The molecule has 1 amide bonds. The van der Waals surface area contributed by atoms with Gasteiger partial charge in [0.05, 0.1) is 11.7 Å². The fourth-order valence-corrected chi connectivity index (χ4v) is 4.55. The third-order valence-electron chi connectivity index (χ3n) is 6.13. The molecule has 0 radical (unpaired) electrons. The van der Waals surface area contributed by atoms with Gasteiger partial charge >= 0.3 is 5.97 Å². The van der Waals surface area contributed by atoms with Crippen LogP contribution in [0.2, 0.25) is 0 Å². The molecule has 0 saturated heterocycles. The Morgan fingerprint density at radius 3 is 2.42 bits per heavy atom. The Morgan fingerprint density at radius 1 is 1.00 bits per heavy atom. The molecule has 0 unspecified atom stereocenters. The monoisotopic (exact) mass is 410 g/mol. The third kappa shape index (κ3) is 2.93. The molecular formula is C26H22N2O3. The first-order chi connectivity index (χ1) is 15.0. The number of carboxylic acid groups (broad SMARTS) is 1. The molecule has 2 atom stereocenters. The van der Waals surface area contributed by atoms with Gasteiger partial charge in [0.1, 0.15) is 6.04 Å². The van der Waals surface area contributed by atoms with Gasteiger partial charge in [-0.25, -0.2) is 4.79 Å². The van der Waals surface area contributed by atoms with Gasteiger partial charge < -0.3 is 15.0 Å². The molecule has 0 saturated carbocycles. The third-order valence-corrected chi connectivity index (χ3v) is 6.13. The molecule has 0 fully saturated rings. The first kappa shape index (κ1) is 19.1. The highest BCUT2D eigenvalue weighted by atomic mass is 16.4. The molecule has 3 aromatic carbocycles. The van der Waals surface area contributed by atoms with Gasteiger partial charge in [0.25, 0.3) is 5.91 Å². The van der Waals surface area contributed by atoms with E-state index in [0.717, 1.165) is 38.9 Å². The molecule has 0 aliphatic carbocycles. The number of fused-ring (bicyclic) bond motifs is 2. The number of aryl methyl sites for hydroxylation is 1. The Kier molecular flexibility index (Phi) is 4.40. The maximum atomic E-state index is 13.3. The summed E-state index contributed by atoms with van der Waals surface area (Å²) in [5.74, 6) is -1.28. The number of nitrogens with zero attached hydrogens (tertiary/aromatic N) is 1. The van der Waals surface area contributed by atoms with Crippen molar-refractivity contribution in [3.63, 3.8) is 0 Å². The van der Waals surface area contributed by atoms with Crippen molar-refractivity contribution in [1.29, 1.82) is 0 Å². The fraction of sp³-hybridized carbons (Fsp3) is 0.154. The van der Waals surface area contributed by atoms with E-state index in [9.17, 15) is 14.7 Å². The number of carboxylic acids is 1. The van der Waals surface area contributed by atoms with Crippen LogP contribution in [0.5, 0.6) is 0 Å². The molecule has 1 aliphatic rings. The minimum atomic E-state index is -1.03. The maximum Gasteiger partial charge on any atom is 0.326 e. The number of rotatable bonds is 4. The molecule has 31 heavy (non-hydrogen) atoms. The highest BCUT2D eigenvalue weighted by Crippen LogP contribution is 2.46. The fourth-order valence-electron chi connectivity index (χ4n) is 4.55. The van der Waals surface area contributed by atoms with Gasteiger partial charge in [-0.2, -0.15) is 0 Å². The normalized spacial score (nSPS) is 16.5. The minimum Gasteiger partial charge on any atom is -0.480 e. The predicted molar refractivity (Wildman–Crippen MR) is 120 cm³/mol. The average molecular weight is 410 g/mol. The Morgan fingerprint density at radius 2 is 1.68 bits per heavy atom. The van der Waals surface area contributed by atoms with E-state index >= 15 is 0 Å². The molecule has 4 aromatic rings. The minimum absolute atomic E-state index is 0.254. The second kappa shape index (κ2) is 7.13. The van der Waals surface area contributed by atoms with Crippen molar-refractivity contribution >= 4 is 22.8 Å². The van der Waals surface area contributed by atoms with Crippen molar-refractivity contribution in [3.05, 3.63) is 95.1 Å². The lowest BCUT2D eigenvalue weighted by atomic mass is 9.92. The van der Waals surface area contributed by atoms with Crippen LogP contribution in [0.15, 0.2) is 72.8 Å². The first-order valence-corrected chi connectivity index (χ1v) is 10.3. The summed E-state index contributed by atoms with van der Waals surface area (Å²) in [5.41, 5.74) is 6.32. The first-order valence-electron chi connectivity index (χ1n) is 10.3. The molecule has 2 N–H and O–H groups in total. The summed E-state index contributed by atoms with van der Waals surface area (Å²) in [7, 11) is 0. The van der Waals surface area contributed by atoms with E-state index in [1.54, 1.807) is 13.0 Å². The summed E-state index contributed by atoms with van der Waals surface area (Å²) >= 11 is 0. The number of hydrogen-bond donors (Lipinski definition) is 2. The summed E-state index contributed by atoms with van der Waals surface area (Å²) in [6.07, 6.45) is 0. The summed E-state index contributed by atoms with van der Waals surface area (Å²) in [6, 6.07) is 22.1. The average Bonchev–Trinajstić information content (AvgIpc) is 3.29. The number of benzene rings is 3. The zero-order chi connectivity index (χ0) is 21.7. The summed E-state index contributed by atoms with van der Waals surface area (Å²) in [4.78, 5) is 30.3. The predicted octanol–water partition coefficient (Wildman–Crippen LogP) is 5.16. The molecule has 0 spiro atoms. The Labute approximate surface area is 179 Å². The van der Waals surface area contributed by atoms with E-state index in [1.807, 2.05) is 49.4 Å². The van der Waals surface area contributed by atoms with Crippen molar-refractivity contribution in [2.45, 2.75) is 25.9 Å². The number of para-hydroxylation sites is 1. The standard InChI is InChI=1S/C26H22N2O3/c1-15-11-13-17(14-12-15)23-22(20-9-5-6-10-21(20)27-23)24-18-7-3-4-8-19(18)25(29)28(24)16(2)26(30)31/h3-14,16,24,27H,1-2H3,(H,30,31)/t16-,24+/m1/s1. The van der Waals surface area contributed by atoms with Gasteiger partial charge in [0.2, 0.25) is 0 Å². The zero-order valence-electron chi connectivity index (χ0n) is 17.3. The quantitative estimate of drug-likeness (QED) is 0.488. The van der Waals surface area contributed by atoms with Crippen LogP contribution in [0.4, 0.5) is 0 Å². The molecule has 5 heteroatoms. The molecule has 1 aromatic heterocycles. The Hall–Kier alpha value is -3.86. The summed E-state index contributed by atoms with van der Waals surface area (Å²) < 4.78 is 0. The van der Waals surface area contributed by atoms with Gasteiger partial charge in [-0.05, 0) is 37.1 Å². The van der Waals surface area contributed by atoms with Crippen LogP contribution < -0.4 is 0 Å². The largest absolute Gasteiger partial charge is 0.480 e. The number of aromatic nitrogens is 1. The number of carbonyl (C=O) groups is 2. The Balaban J connectivity index is 1.82. The number of aromatic amines is 1.